The molecule has 13 heteroatoms. The molecular weight excluding hydrogens is 478 g/mol. The largest absolute Gasteiger partial charge is 0.488 e. The number of nitrogens with zero attached hydrogens (tertiary/aromatic N) is 3. The number of halogens is 2. The quantitative estimate of drug-likeness (QED) is 0.345. The van der Waals surface area contributed by atoms with Gasteiger partial charge >= 0.3 is 6.03 Å². The lowest BCUT2D eigenvalue weighted by Gasteiger charge is -2.34. The topological polar surface area (TPSA) is 140 Å². The Morgan fingerprint density at radius 1 is 1.14 bits per heavy atom. The number of hydrogen-bond donors (Lipinski definition) is 4. The van der Waals surface area contributed by atoms with Gasteiger partial charge in [-0.2, -0.15) is 0 Å². The minimum Gasteiger partial charge on any atom is -0.488 e. The lowest BCUT2D eigenvalue weighted by Crippen LogP contribution is -2.33. The predicted octanol–water partition coefficient (Wildman–Crippen LogP) is 3.66. The van der Waals surface area contributed by atoms with Crippen LogP contribution in [0.25, 0.3) is 11.4 Å². The van der Waals surface area contributed by atoms with E-state index >= 15 is 0 Å². The SMILES string of the molecule is CCOc1c(NCCO)nc(-c2ccc(NC(=O)Nc3ccc(F)c(F)c3)nc2)nc1C1OC(C)O1. The highest BCUT2D eigenvalue weighted by Crippen LogP contribution is 2.40. The van der Waals surface area contributed by atoms with Gasteiger partial charge in [-0.15, -0.1) is 0 Å². The van der Waals surface area contributed by atoms with Crippen molar-refractivity contribution in [3.63, 3.8) is 0 Å². The Labute approximate surface area is 204 Å². The second-order valence-electron chi connectivity index (χ2n) is 7.51. The molecule has 4 rings (SSSR count). The Morgan fingerprint density at radius 3 is 2.58 bits per heavy atom. The van der Waals surface area contributed by atoms with Crippen molar-refractivity contribution in [2.45, 2.75) is 26.4 Å². The second-order valence-corrected chi connectivity index (χ2v) is 7.51. The van der Waals surface area contributed by atoms with Crippen LogP contribution >= 0.6 is 0 Å². The maximum absolute atomic E-state index is 13.3. The van der Waals surface area contributed by atoms with Crippen LogP contribution in [-0.2, 0) is 9.47 Å². The summed E-state index contributed by atoms with van der Waals surface area (Å²) in [6.45, 7) is 4.02. The zero-order chi connectivity index (χ0) is 25.7. The van der Waals surface area contributed by atoms with Gasteiger partial charge in [-0.3, -0.25) is 5.32 Å². The Kier molecular flexibility index (Phi) is 7.83. The van der Waals surface area contributed by atoms with E-state index in [-0.39, 0.29) is 36.8 Å². The van der Waals surface area contributed by atoms with Crippen molar-refractivity contribution in [2.75, 3.05) is 35.7 Å². The molecule has 0 unspecified atom stereocenters. The fraction of sp³-hybridized carbons (Fsp3) is 0.304. The number of pyridine rings is 1. The van der Waals surface area contributed by atoms with E-state index in [4.69, 9.17) is 14.2 Å². The van der Waals surface area contributed by atoms with Crippen LogP contribution in [0.2, 0.25) is 0 Å². The van der Waals surface area contributed by atoms with Crippen molar-refractivity contribution in [1.82, 2.24) is 15.0 Å². The summed E-state index contributed by atoms with van der Waals surface area (Å²) in [4.78, 5) is 25.4. The van der Waals surface area contributed by atoms with E-state index in [1.54, 1.807) is 13.0 Å². The minimum absolute atomic E-state index is 0.0796. The molecule has 2 amide bonds. The standard InChI is InChI=1S/C23H24F2N6O5/c1-3-34-19-18(22-35-12(2)36-22)30-20(31-21(19)26-8-9-32)13-4-7-17(27-11-13)29-23(33)28-14-5-6-15(24)16(25)10-14/h4-7,10-12,22,32H,3,8-9H2,1-2H3,(H,26,30,31)(H2,27,28,29,33). The first kappa shape index (κ1) is 25.2. The molecule has 3 aromatic rings. The normalized spacial score (nSPS) is 16.7. The molecule has 0 saturated carbocycles. The van der Waals surface area contributed by atoms with Gasteiger partial charge in [0.05, 0.1) is 13.2 Å². The summed E-state index contributed by atoms with van der Waals surface area (Å²) >= 11 is 0. The number of hydrogen-bond acceptors (Lipinski definition) is 9. The van der Waals surface area contributed by atoms with Crippen molar-refractivity contribution in [3.8, 4) is 17.1 Å². The zero-order valence-corrected chi connectivity index (χ0v) is 19.4. The van der Waals surface area contributed by atoms with Gasteiger partial charge in [0.2, 0.25) is 6.29 Å². The molecule has 1 aromatic carbocycles. The van der Waals surface area contributed by atoms with Crippen LogP contribution in [0.5, 0.6) is 5.75 Å². The number of urea groups is 1. The number of aliphatic hydroxyl groups excluding tert-OH is 1. The molecule has 190 valence electrons. The summed E-state index contributed by atoms with van der Waals surface area (Å²) in [5.41, 5.74) is 0.981. The van der Waals surface area contributed by atoms with Crippen molar-refractivity contribution >= 4 is 23.4 Å². The Bertz CT molecular complexity index is 1220. The third-order valence-corrected chi connectivity index (χ3v) is 4.88. The van der Waals surface area contributed by atoms with Crippen molar-refractivity contribution in [2.24, 2.45) is 0 Å². The van der Waals surface area contributed by atoms with E-state index in [1.807, 2.05) is 6.92 Å². The van der Waals surface area contributed by atoms with Crippen LogP contribution in [0, 0.1) is 11.6 Å². The number of benzene rings is 1. The fourth-order valence-corrected chi connectivity index (χ4v) is 3.28. The summed E-state index contributed by atoms with van der Waals surface area (Å²) in [6, 6.07) is 5.48. The number of ether oxygens (including phenoxy) is 3. The van der Waals surface area contributed by atoms with Crippen LogP contribution in [0.1, 0.15) is 25.8 Å². The first-order valence-corrected chi connectivity index (χ1v) is 11.1. The monoisotopic (exact) mass is 502 g/mol. The van der Waals surface area contributed by atoms with Crippen molar-refractivity contribution in [1.29, 1.82) is 0 Å². The molecule has 0 atom stereocenters. The lowest BCUT2D eigenvalue weighted by molar-refractivity contribution is -0.384. The van der Waals surface area contributed by atoms with E-state index in [2.05, 4.69) is 30.9 Å². The Morgan fingerprint density at radius 2 is 1.94 bits per heavy atom. The average Bonchev–Trinajstić information content (AvgIpc) is 2.84. The van der Waals surface area contributed by atoms with Gasteiger partial charge in [0, 0.05) is 30.1 Å². The molecular formula is C23H24F2N6O5. The molecule has 3 heterocycles. The number of carbonyl (C=O) groups excluding carboxylic acids is 1. The molecule has 1 aliphatic heterocycles. The van der Waals surface area contributed by atoms with Crippen LogP contribution < -0.4 is 20.7 Å². The molecule has 1 fully saturated rings. The molecule has 2 aromatic heterocycles. The van der Waals surface area contributed by atoms with Gasteiger partial charge in [-0.05, 0) is 38.1 Å². The molecule has 0 radical (unpaired) electrons. The van der Waals surface area contributed by atoms with Crippen LogP contribution in [0.4, 0.5) is 30.9 Å². The number of aliphatic hydroxyl groups is 1. The maximum Gasteiger partial charge on any atom is 0.324 e. The van der Waals surface area contributed by atoms with Crippen molar-refractivity contribution < 1.29 is 32.9 Å². The number of aromatic nitrogens is 3. The Balaban J connectivity index is 1.54. The van der Waals surface area contributed by atoms with E-state index in [0.29, 0.717) is 29.4 Å². The molecule has 0 spiro atoms. The lowest BCUT2D eigenvalue weighted by atomic mass is 10.2. The number of carbonyl (C=O) groups is 1. The third kappa shape index (κ3) is 5.82. The molecule has 4 N–H and O–H groups in total. The van der Waals surface area contributed by atoms with E-state index in [1.165, 1.54) is 18.3 Å². The smallest absolute Gasteiger partial charge is 0.324 e. The van der Waals surface area contributed by atoms with Crippen LogP contribution in [0.3, 0.4) is 0 Å². The van der Waals surface area contributed by atoms with Crippen LogP contribution in [-0.4, -0.2) is 52.1 Å². The summed E-state index contributed by atoms with van der Waals surface area (Å²) in [7, 11) is 0. The summed E-state index contributed by atoms with van der Waals surface area (Å²) in [5.74, 6) is -0.908. The van der Waals surface area contributed by atoms with Gasteiger partial charge in [-0.1, -0.05) is 0 Å². The van der Waals surface area contributed by atoms with Crippen molar-refractivity contribution in [3.05, 3.63) is 53.9 Å². The fourth-order valence-electron chi connectivity index (χ4n) is 3.28. The number of amides is 2. The summed E-state index contributed by atoms with van der Waals surface area (Å²) < 4.78 is 43.3. The first-order valence-electron chi connectivity index (χ1n) is 11.1. The highest BCUT2D eigenvalue weighted by molar-refractivity contribution is 5.99. The second kappa shape index (κ2) is 11.2. The minimum atomic E-state index is -1.08. The zero-order valence-electron chi connectivity index (χ0n) is 19.4. The number of rotatable bonds is 9. The highest BCUT2D eigenvalue weighted by Gasteiger charge is 2.34. The first-order chi connectivity index (χ1) is 17.4. The van der Waals surface area contributed by atoms with Gasteiger partial charge in [-0.25, -0.2) is 28.5 Å². The molecule has 0 bridgehead atoms. The number of anilines is 3. The summed E-state index contributed by atoms with van der Waals surface area (Å²) in [6.07, 6.45) is 0.321. The highest BCUT2D eigenvalue weighted by atomic mass is 19.2. The molecule has 11 nitrogen and oxygen atoms in total. The van der Waals surface area contributed by atoms with Gasteiger partial charge in [0.1, 0.15) is 11.5 Å². The van der Waals surface area contributed by atoms with Gasteiger partial charge < -0.3 is 30.0 Å². The van der Waals surface area contributed by atoms with Gasteiger partial charge in [0.15, 0.2) is 35.3 Å². The predicted molar refractivity (Wildman–Crippen MR) is 125 cm³/mol. The van der Waals surface area contributed by atoms with Crippen LogP contribution in [0.15, 0.2) is 36.5 Å². The average molecular weight is 502 g/mol. The van der Waals surface area contributed by atoms with Gasteiger partial charge in [0.25, 0.3) is 0 Å². The molecule has 1 aliphatic rings. The number of nitrogens with one attached hydrogen (secondary N) is 3. The Hall–Kier alpha value is -3.94. The molecule has 0 aliphatic carbocycles. The maximum atomic E-state index is 13.3. The van der Waals surface area contributed by atoms with E-state index < -0.39 is 24.0 Å². The summed E-state index contributed by atoms with van der Waals surface area (Å²) in [5, 5.41) is 17.2. The van der Waals surface area contributed by atoms with E-state index in [9.17, 15) is 18.7 Å². The molecule has 36 heavy (non-hydrogen) atoms. The van der Waals surface area contributed by atoms with E-state index in [0.717, 1.165) is 12.1 Å². The third-order valence-electron chi connectivity index (χ3n) is 4.88. The molecule has 1 saturated heterocycles.